The number of rotatable bonds is 6. The standard InChI is InChI=1S/C18H29FN2/c1-3-12-20-14-15-10-11-18(17(19)13-15)21(2)16-8-6-4-5-7-9-16/h10-11,13,16,20H,3-9,12,14H2,1-2H3. The summed E-state index contributed by atoms with van der Waals surface area (Å²) in [7, 11) is 2.05. The molecule has 0 spiro atoms. The second-order valence-electron chi connectivity index (χ2n) is 6.22. The van der Waals surface area contributed by atoms with Gasteiger partial charge < -0.3 is 10.2 Å². The number of hydrogen-bond donors (Lipinski definition) is 1. The highest BCUT2D eigenvalue weighted by atomic mass is 19.1. The van der Waals surface area contributed by atoms with E-state index < -0.39 is 0 Å². The van der Waals surface area contributed by atoms with Crippen LogP contribution in [0.2, 0.25) is 0 Å². The molecule has 0 bridgehead atoms. The fraction of sp³-hybridized carbons (Fsp3) is 0.667. The van der Waals surface area contributed by atoms with E-state index in [1.54, 1.807) is 6.07 Å². The molecule has 2 rings (SSSR count). The zero-order chi connectivity index (χ0) is 15.1. The van der Waals surface area contributed by atoms with Crippen LogP contribution < -0.4 is 10.2 Å². The molecule has 0 radical (unpaired) electrons. The van der Waals surface area contributed by atoms with Crippen molar-refractivity contribution in [3.05, 3.63) is 29.6 Å². The molecule has 0 atom stereocenters. The molecule has 3 heteroatoms. The van der Waals surface area contributed by atoms with Gasteiger partial charge in [-0.15, -0.1) is 0 Å². The monoisotopic (exact) mass is 292 g/mol. The fourth-order valence-corrected chi connectivity index (χ4v) is 3.20. The largest absolute Gasteiger partial charge is 0.369 e. The van der Waals surface area contributed by atoms with Crippen LogP contribution in [0.25, 0.3) is 0 Å². The molecular formula is C18H29FN2. The van der Waals surface area contributed by atoms with Crippen molar-refractivity contribution in [3.63, 3.8) is 0 Å². The van der Waals surface area contributed by atoms with E-state index in [0.29, 0.717) is 6.04 Å². The maximum Gasteiger partial charge on any atom is 0.146 e. The Hall–Kier alpha value is -1.09. The Labute approximate surface area is 128 Å². The zero-order valence-corrected chi connectivity index (χ0v) is 13.5. The molecule has 118 valence electrons. The molecular weight excluding hydrogens is 263 g/mol. The minimum absolute atomic E-state index is 0.0856. The van der Waals surface area contributed by atoms with Crippen LogP contribution in [0.15, 0.2) is 18.2 Å². The van der Waals surface area contributed by atoms with Gasteiger partial charge in [0.2, 0.25) is 0 Å². The fourth-order valence-electron chi connectivity index (χ4n) is 3.20. The van der Waals surface area contributed by atoms with Gasteiger partial charge in [-0.25, -0.2) is 4.39 Å². The SMILES string of the molecule is CCCNCc1ccc(N(C)C2CCCCCC2)c(F)c1. The average molecular weight is 292 g/mol. The summed E-state index contributed by atoms with van der Waals surface area (Å²) >= 11 is 0. The Balaban J connectivity index is 2.01. The van der Waals surface area contributed by atoms with E-state index in [1.165, 1.54) is 38.5 Å². The topological polar surface area (TPSA) is 15.3 Å². The first kappa shape index (κ1) is 16.3. The maximum atomic E-state index is 14.4. The molecule has 0 heterocycles. The summed E-state index contributed by atoms with van der Waals surface area (Å²) in [5, 5.41) is 3.32. The van der Waals surface area contributed by atoms with E-state index in [0.717, 1.165) is 30.8 Å². The van der Waals surface area contributed by atoms with Crippen LogP contribution in [0.5, 0.6) is 0 Å². The molecule has 0 aliphatic heterocycles. The molecule has 1 aromatic rings. The molecule has 1 fully saturated rings. The van der Waals surface area contributed by atoms with Gasteiger partial charge in [0.05, 0.1) is 5.69 Å². The van der Waals surface area contributed by atoms with E-state index in [-0.39, 0.29) is 5.82 Å². The molecule has 21 heavy (non-hydrogen) atoms. The van der Waals surface area contributed by atoms with Gasteiger partial charge in [0.25, 0.3) is 0 Å². The first-order valence-electron chi connectivity index (χ1n) is 8.44. The first-order chi connectivity index (χ1) is 10.2. The number of benzene rings is 1. The average Bonchev–Trinajstić information content (AvgIpc) is 2.76. The predicted molar refractivity (Wildman–Crippen MR) is 88.3 cm³/mol. The van der Waals surface area contributed by atoms with Crippen molar-refractivity contribution in [2.24, 2.45) is 0 Å². The third kappa shape index (κ3) is 4.70. The summed E-state index contributed by atoms with van der Waals surface area (Å²) in [6.07, 6.45) is 8.69. The molecule has 1 N–H and O–H groups in total. The second kappa shape index (κ2) is 8.38. The lowest BCUT2D eigenvalue weighted by atomic mass is 10.1. The molecule has 0 unspecified atom stereocenters. The summed E-state index contributed by atoms with van der Waals surface area (Å²) in [5.41, 5.74) is 1.78. The summed E-state index contributed by atoms with van der Waals surface area (Å²) in [5.74, 6) is -0.0856. The van der Waals surface area contributed by atoms with Crippen molar-refractivity contribution in [3.8, 4) is 0 Å². The van der Waals surface area contributed by atoms with Gasteiger partial charge in [0.15, 0.2) is 0 Å². The molecule has 1 aromatic carbocycles. The third-order valence-electron chi connectivity index (χ3n) is 4.52. The highest BCUT2D eigenvalue weighted by molar-refractivity contribution is 5.49. The van der Waals surface area contributed by atoms with E-state index in [1.807, 2.05) is 19.2 Å². The van der Waals surface area contributed by atoms with E-state index in [2.05, 4.69) is 17.1 Å². The van der Waals surface area contributed by atoms with Gasteiger partial charge >= 0.3 is 0 Å². The van der Waals surface area contributed by atoms with Crippen LogP contribution in [-0.4, -0.2) is 19.6 Å². The summed E-state index contributed by atoms with van der Waals surface area (Å²) in [6, 6.07) is 6.17. The zero-order valence-electron chi connectivity index (χ0n) is 13.5. The van der Waals surface area contributed by atoms with Gasteiger partial charge in [-0.05, 0) is 43.5 Å². The van der Waals surface area contributed by atoms with E-state index >= 15 is 0 Å². The van der Waals surface area contributed by atoms with Crippen molar-refractivity contribution in [1.29, 1.82) is 0 Å². The minimum atomic E-state index is -0.0856. The van der Waals surface area contributed by atoms with Crippen molar-refractivity contribution >= 4 is 5.69 Å². The molecule has 1 saturated carbocycles. The van der Waals surface area contributed by atoms with Crippen LogP contribution in [0.4, 0.5) is 10.1 Å². The molecule has 0 aromatic heterocycles. The number of nitrogens with zero attached hydrogens (tertiary/aromatic N) is 1. The van der Waals surface area contributed by atoms with Crippen molar-refractivity contribution < 1.29 is 4.39 Å². The van der Waals surface area contributed by atoms with Gasteiger partial charge in [-0.1, -0.05) is 38.7 Å². The number of halogens is 1. The Morgan fingerprint density at radius 2 is 1.90 bits per heavy atom. The highest BCUT2D eigenvalue weighted by Gasteiger charge is 2.19. The van der Waals surface area contributed by atoms with E-state index in [9.17, 15) is 4.39 Å². The van der Waals surface area contributed by atoms with Crippen LogP contribution in [0, 0.1) is 5.82 Å². The maximum absolute atomic E-state index is 14.4. The van der Waals surface area contributed by atoms with Crippen LogP contribution in [-0.2, 0) is 6.54 Å². The number of nitrogens with one attached hydrogen (secondary N) is 1. The summed E-state index contributed by atoms with van der Waals surface area (Å²) in [4.78, 5) is 2.16. The third-order valence-corrected chi connectivity index (χ3v) is 4.52. The lowest BCUT2D eigenvalue weighted by molar-refractivity contribution is 0.537. The molecule has 1 aliphatic carbocycles. The minimum Gasteiger partial charge on any atom is -0.369 e. The lowest BCUT2D eigenvalue weighted by Gasteiger charge is -2.29. The van der Waals surface area contributed by atoms with Crippen molar-refractivity contribution in [1.82, 2.24) is 5.32 Å². The number of hydrogen-bond acceptors (Lipinski definition) is 2. The summed E-state index contributed by atoms with van der Waals surface area (Å²) in [6.45, 7) is 3.86. The normalized spacial score (nSPS) is 16.7. The molecule has 0 saturated heterocycles. The predicted octanol–water partition coefficient (Wildman–Crippen LogP) is 4.48. The highest BCUT2D eigenvalue weighted by Crippen LogP contribution is 2.27. The Morgan fingerprint density at radius 3 is 2.52 bits per heavy atom. The van der Waals surface area contributed by atoms with Crippen molar-refractivity contribution in [2.75, 3.05) is 18.5 Å². The van der Waals surface area contributed by atoms with Crippen molar-refractivity contribution in [2.45, 2.75) is 64.5 Å². The second-order valence-corrected chi connectivity index (χ2v) is 6.22. The smallest absolute Gasteiger partial charge is 0.146 e. The Bertz CT molecular complexity index is 425. The Kier molecular flexibility index (Phi) is 6.50. The molecule has 2 nitrogen and oxygen atoms in total. The first-order valence-corrected chi connectivity index (χ1v) is 8.44. The number of anilines is 1. The van der Waals surface area contributed by atoms with Crippen LogP contribution in [0.3, 0.4) is 0 Å². The Morgan fingerprint density at radius 1 is 1.19 bits per heavy atom. The van der Waals surface area contributed by atoms with Gasteiger partial charge in [0, 0.05) is 19.6 Å². The lowest BCUT2D eigenvalue weighted by Crippen LogP contribution is -2.31. The van der Waals surface area contributed by atoms with Gasteiger partial charge in [-0.3, -0.25) is 0 Å². The molecule has 0 amide bonds. The van der Waals surface area contributed by atoms with E-state index in [4.69, 9.17) is 0 Å². The van der Waals surface area contributed by atoms with Crippen LogP contribution >= 0.6 is 0 Å². The van der Waals surface area contributed by atoms with Gasteiger partial charge in [0.1, 0.15) is 5.82 Å². The van der Waals surface area contributed by atoms with Crippen LogP contribution in [0.1, 0.15) is 57.4 Å². The summed E-state index contributed by atoms with van der Waals surface area (Å²) < 4.78 is 14.4. The molecule has 1 aliphatic rings. The quantitative estimate of drug-likeness (QED) is 0.614. The van der Waals surface area contributed by atoms with Gasteiger partial charge in [-0.2, -0.15) is 0 Å².